The van der Waals surface area contributed by atoms with Crippen LogP contribution in [-0.4, -0.2) is 80.1 Å². The maximum atomic E-state index is 15.7. The fraction of sp³-hybridized carbons (Fsp3) is 0.615. The van der Waals surface area contributed by atoms with E-state index in [0.717, 1.165) is 76.2 Å². The van der Waals surface area contributed by atoms with E-state index in [-0.39, 0.29) is 50.6 Å². The second kappa shape index (κ2) is 50.3. The number of unbranched alkanes of at least 4 members (excludes halogenated alkanes) is 26. The van der Waals surface area contributed by atoms with Gasteiger partial charge in [-0.2, -0.15) is 0 Å². The molecule has 1 N–H and O–H groups in total. The van der Waals surface area contributed by atoms with Crippen LogP contribution in [0.1, 0.15) is 250 Å². The molecular formula is C78H116NO15P. The summed E-state index contributed by atoms with van der Waals surface area (Å²) in [6.45, 7) is 9.95. The first-order chi connectivity index (χ1) is 46.5. The van der Waals surface area contributed by atoms with Crippen molar-refractivity contribution in [1.29, 1.82) is 0 Å². The summed E-state index contributed by atoms with van der Waals surface area (Å²) in [4.78, 5) is 57.6. The third kappa shape index (κ3) is 35.7. The smallest absolute Gasteiger partial charge is 0.462 e. The van der Waals surface area contributed by atoms with Gasteiger partial charge in [0.2, 0.25) is 5.91 Å². The van der Waals surface area contributed by atoms with Gasteiger partial charge in [0, 0.05) is 6.42 Å². The van der Waals surface area contributed by atoms with Crippen molar-refractivity contribution in [3.05, 3.63) is 145 Å². The molecule has 95 heavy (non-hydrogen) atoms. The second-order valence-corrected chi connectivity index (χ2v) is 26.8. The lowest BCUT2D eigenvalue weighted by atomic mass is 9.95. The van der Waals surface area contributed by atoms with E-state index in [1.54, 1.807) is 72.8 Å². The summed E-state index contributed by atoms with van der Waals surface area (Å²) in [6.07, 6.45) is 25.6. The summed E-state index contributed by atoms with van der Waals surface area (Å²) in [6, 6.07) is 34.0. The van der Waals surface area contributed by atoms with Crippen molar-refractivity contribution in [1.82, 2.24) is 5.32 Å². The highest BCUT2D eigenvalue weighted by atomic mass is 31.2. The zero-order valence-electron chi connectivity index (χ0n) is 57.8. The monoisotopic (exact) mass is 1340 g/mol. The zero-order valence-corrected chi connectivity index (χ0v) is 58.7. The largest absolute Gasteiger partial charge is 0.588 e. The number of benzene rings is 4. The van der Waals surface area contributed by atoms with Gasteiger partial charge in [-0.3, -0.25) is 18.9 Å². The number of phosphoric ester groups is 1. The number of hydrogen-bond acceptors (Lipinski definition) is 15. The summed E-state index contributed by atoms with van der Waals surface area (Å²) in [5, 5.41) is 3.10. The van der Waals surface area contributed by atoms with Crippen LogP contribution in [0.4, 0.5) is 4.79 Å². The lowest BCUT2D eigenvalue weighted by Gasteiger charge is -2.45. The first kappa shape index (κ1) is 79.7. The van der Waals surface area contributed by atoms with Crippen LogP contribution in [0.5, 0.6) is 11.5 Å². The van der Waals surface area contributed by atoms with Crippen molar-refractivity contribution >= 4 is 31.8 Å². The third-order valence-electron chi connectivity index (χ3n) is 17.0. The molecule has 0 unspecified atom stereocenters. The highest BCUT2D eigenvalue weighted by molar-refractivity contribution is 7.49. The molecule has 1 amide bonds. The lowest BCUT2D eigenvalue weighted by Crippen LogP contribution is -2.66. The minimum atomic E-state index is -4.95. The minimum absolute atomic E-state index is 0.106. The predicted octanol–water partition coefficient (Wildman–Crippen LogP) is 20.1. The molecule has 0 aromatic heterocycles. The highest BCUT2D eigenvalue weighted by Crippen LogP contribution is 2.52. The lowest BCUT2D eigenvalue weighted by molar-refractivity contribution is -0.268. The van der Waals surface area contributed by atoms with Gasteiger partial charge in [-0.05, 0) is 61.1 Å². The fourth-order valence-electron chi connectivity index (χ4n) is 11.7. The Balaban J connectivity index is 1.50. The van der Waals surface area contributed by atoms with Crippen molar-refractivity contribution < 1.29 is 70.5 Å². The minimum Gasteiger partial charge on any atom is -0.462 e. The van der Waals surface area contributed by atoms with E-state index in [1.165, 1.54) is 109 Å². The Bertz CT molecular complexity index is 2620. The molecule has 528 valence electrons. The van der Waals surface area contributed by atoms with Gasteiger partial charge in [0.25, 0.3) is 0 Å². The van der Waals surface area contributed by atoms with Gasteiger partial charge in [0.15, 0.2) is 12.4 Å². The molecule has 0 spiro atoms. The molecule has 0 bridgehead atoms. The Hall–Kier alpha value is -6.03. The van der Waals surface area contributed by atoms with Crippen molar-refractivity contribution in [3.63, 3.8) is 0 Å². The number of hydrogen-bond donors (Lipinski definition) is 1. The molecule has 17 heteroatoms. The first-order valence-electron chi connectivity index (χ1n) is 36.3. The number of esters is 2. The Labute approximate surface area is 569 Å². The summed E-state index contributed by atoms with van der Waals surface area (Å²) in [7, 11) is -4.95. The van der Waals surface area contributed by atoms with Gasteiger partial charge in [-0.15, -0.1) is 6.58 Å². The molecule has 1 fully saturated rings. The molecule has 0 saturated carbocycles. The fourth-order valence-corrected chi connectivity index (χ4v) is 13.2. The van der Waals surface area contributed by atoms with Gasteiger partial charge in [0.05, 0.1) is 32.2 Å². The van der Waals surface area contributed by atoms with E-state index in [2.05, 4.69) is 32.7 Å². The van der Waals surface area contributed by atoms with E-state index in [9.17, 15) is 9.59 Å². The van der Waals surface area contributed by atoms with E-state index >= 15 is 14.2 Å². The molecule has 0 radical (unpaired) electrons. The van der Waals surface area contributed by atoms with Crippen molar-refractivity contribution in [3.8, 4) is 11.5 Å². The maximum absolute atomic E-state index is 15.7. The molecule has 1 heterocycles. The Morgan fingerprint density at radius 3 is 1.44 bits per heavy atom. The molecule has 1 aliphatic heterocycles. The molecule has 4 aromatic rings. The standard InChI is InChI=1S/C78H116NO15P/c1-5-9-12-15-18-21-22-25-28-31-46-57-72(81)89-69(56-41-30-27-24-20-17-14-11-7-3)60-73(82)91-76-74(79-71(80)59-68(86-61-64-47-36-32-37-48-64)55-40-29-26-23-19-16-13-10-6-2)77(85-58-8-4)90-70(63-88-78(83)87-62-65-49-38-33-39-50-65)75(76)94-95(84,92-66-51-42-34-43-52-66)93-67-53-44-35-45-54-67/h8,32-39,42-45,47-54,68-70,74-77H,4-7,9-31,40-41,46,55-63H2,1-3H3,(H,79,80)/t68-,69+,70+,74+,75+,76+,77-/m0/s1. The van der Waals surface area contributed by atoms with Crippen LogP contribution in [0.25, 0.3) is 0 Å². The number of phosphoric acid groups is 1. The van der Waals surface area contributed by atoms with E-state index < -0.39 is 81.3 Å². The van der Waals surface area contributed by atoms with Crippen molar-refractivity contribution in [2.75, 3.05) is 13.2 Å². The van der Waals surface area contributed by atoms with Crippen molar-refractivity contribution in [2.45, 2.75) is 295 Å². The van der Waals surface area contributed by atoms with Crippen LogP contribution in [-0.2, 0) is 69.8 Å². The van der Waals surface area contributed by atoms with E-state index in [4.69, 9.17) is 46.7 Å². The van der Waals surface area contributed by atoms with Gasteiger partial charge < -0.3 is 47.5 Å². The van der Waals surface area contributed by atoms with Gasteiger partial charge in [-0.25, -0.2) is 9.36 Å². The summed E-state index contributed by atoms with van der Waals surface area (Å²) in [5.41, 5.74) is 1.65. The molecule has 4 aromatic carbocycles. The number of rotatable bonds is 55. The quantitative estimate of drug-likeness (QED) is 0.0144. The highest BCUT2D eigenvalue weighted by Gasteiger charge is 2.54. The number of para-hydroxylation sites is 2. The number of carbonyl (C=O) groups is 4. The maximum Gasteiger partial charge on any atom is 0.588 e. The van der Waals surface area contributed by atoms with Crippen LogP contribution < -0.4 is 14.4 Å². The number of carbonyl (C=O) groups excluding carboxylic acids is 4. The van der Waals surface area contributed by atoms with Crippen LogP contribution in [0.2, 0.25) is 0 Å². The molecule has 16 nitrogen and oxygen atoms in total. The number of ether oxygens (including phenoxy) is 7. The van der Waals surface area contributed by atoms with Crippen LogP contribution in [0.15, 0.2) is 134 Å². The topological polar surface area (TPSA) is 190 Å². The number of amides is 1. The van der Waals surface area contributed by atoms with Crippen LogP contribution in [0, 0.1) is 0 Å². The zero-order chi connectivity index (χ0) is 67.7. The third-order valence-corrected chi connectivity index (χ3v) is 18.4. The molecule has 5 rings (SSSR count). The van der Waals surface area contributed by atoms with E-state index in [1.807, 2.05) is 48.5 Å². The summed E-state index contributed by atoms with van der Waals surface area (Å²) in [5.74, 6) is -1.51. The van der Waals surface area contributed by atoms with Crippen molar-refractivity contribution in [2.24, 2.45) is 0 Å². The molecular weight excluding hydrogens is 1220 g/mol. The summed E-state index contributed by atoms with van der Waals surface area (Å²) < 4.78 is 78.5. The number of nitrogens with one attached hydrogen (secondary N) is 1. The van der Waals surface area contributed by atoms with E-state index in [0.29, 0.717) is 31.2 Å². The summed E-state index contributed by atoms with van der Waals surface area (Å²) >= 11 is 0. The van der Waals surface area contributed by atoms with Gasteiger partial charge in [-0.1, -0.05) is 297 Å². The Morgan fingerprint density at radius 1 is 0.516 bits per heavy atom. The van der Waals surface area contributed by atoms with Gasteiger partial charge >= 0.3 is 25.9 Å². The van der Waals surface area contributed by atoms with Crippen LogP contribution in [0.3, 0.4) is 0 Å². The average Bonchev–Trinajstić information content (AvgIpc) is 0.788. The normalized spacial score (nSPS) is 16.9. The Morgan fingerprint density at radius 2 is 0.958 bits per heavy atom. The Kier molecular flexibility index (Phi) is 42.2. The molecule has 1 saturated heterocycles. The SMILES string of the molecule is C=CCO[C@H]1O[C@H](COC(=O)OCc2ccccc2)[C@@H](OP(=O)(Oc2ccccc2)Oc2ccccc2)[C@H](OC(=O)C[C@@H](CCCCCCCCCCC)OC(=O)CCCCCCCCCCCCC)[C@H]1NC(=O)C[C@H](CCCCCCCCCCC)OCc1ccccc1. The average molecular weight is 1340 g/mol. The van der Waals surface area contributed by atoms with Crippen LogP contribution >= 0.6 is 7.82 Å². The van der Waals surface area contributed by atoms with Gasteiger partial charge in [0.1, 0.15) is 49.1 Å². The second-order valence-electron chi connectivity index (χ2n) is 25.3. The molecule has 1 aliphatic rings. The predicted molar refractivity (Wildman–Crippen MR) is 375 cm³/mol. The first-order valence-corrected chi connectivity index (χ1v) is 37.8. The molecule has 0 aliphatic carbocycles. The molecule has 7 atom stereocenters.